The highest BCUT2D eigenvalue weighted by molar-refractivity contribution is 7.80. The molecule has 1 aromatic rings. The van der Waals surface area contributed by atoms with E-state index in [0.29, 0.717) is 17.1 Å². The Morgan fingerprint density at radius 1 is 1.44 bits per heavy atom. The number of hydrogen-bond acceptors (Lipinski definition) is 3. The predicted octanol–water partition coefficient (Wildman–Crippen LogP) is 2.51. The molecule has 2 bridgehead atoms. The molecule has 5 heteroatoms. The minimum Gasteiger partial charge on any atom is -0.358 e. The van der Waals surface area contributed by atoms with E-state index in [1.54, 1.807) is 17.6 Å². The molecule has 2 N–H and O–H groups in total. The maximum absolute atomic E-state index is 5.24. The van der Waals surface area contributed by atoms with Crippen molar-refractivity contribution in [1.29, 1.82) is 0 Å². The van der Waals surface area contributed by atoms with Gasteiger partial charge in [-0.1, -0.05) is 18.2 Å². The van der Waals surface area contributed by atoms with Crippen LogP contribution in [0.15, 0.2) is 34.8 Å². The first-order chi connectivity index (χ1) is 8.81. The molecule has 1 fully saturated rings. The number of fused-ring (bicyclic) bond motifs is 2. The number of allylic oxidation sites excluding steroid dienone is 1. The molecule has 2 aliphatic carbocycles. The first-order valence-corrected chi connectivity index (χ1v) is 7.41. The molecule has 1 aromatic heterocycles. The van der Waals surface area contributed by atoms with Crippen LogP contribution in [0, 0.1) is 11.8 Å². The molecular formula is C13H15N3S2. The highest BCUT2D eigenvalue weighted by Gasteiger charge is 2.35. The molecule has 0 unspecified atom stereocenters. The van der Waals surface area contributed by atoms with Gasteiger partial charge in [0, 0.05) is 10.9 Å². The van der Waals surface area contributed by atoms with Gasteiger partial charge in [0.15, 0.2) is 5.11 Å². The Labute approximate surface area is 116 Å². The number of nitrogens with zero attached hydrogens (tertiary/aromatic N) is 1. The van der Waals surface area contributed by atoms with E-state index < -0.39 is 0 Å². The van der Waals surface area contributed by atoms with E-state index in [9.17, 15) is 0 Å². The summed E-state index contributed by atoms with van der Waals surface area (Å²) in [6.45, 7) is 0. The van der Waals surface area contributed by atoms with Crippen molar-refractivity contribution < 1.29 is 0 Å². The molecule has 0 spiro atoms. The Kier molecular flexibility index (Phi) is 3.43. The summed E-state index contributed by atoms with van der Waals surface area (Å²) < 4.78 is 0. The van der Waals surface area contributed by atoms with E-state index in [1.807, 2.05) is 17.5 Å². The van der Waals surface area contributed by atoms with Crippen LogP contribution < -0.4 is 10.7 Å². The zero-order valence-electron chi connectivity index (χ0n) is 9.87. The van der Waals surface area contributed by atoms with Gasteiger partial charge in [-0.05, 0) is 48.3 Å². The van der Waals surface area contributed by atoms with Gasteiger partial charge in [-0.3, -0.25) is 5.43 Å². The van der Waals surface area contributed by atoms with Gasteiger partial charge >= 0.3 is 0 Å². The molecule has 0 aromatic carbocycles. The Morgan fingerprint density at radius 2 is 2.39 bits per heavy atom. The lowest BCUT2D eigenvalue weighted by Crippen LogP contribution is -2.42. The molecule has 1 saturated carbocycles. The van der Waals surface area contributed by atoms with Gasteiger partial charge in [0.2, 0.25) is 0 Å². The van der Waals surface area contributed by atoms with E-state index in [4.69, 9.17) is 12.2 Å². The minimum atomic E-state index is 0.483. The largest absolute Gasteiger partial charge is 0.358 e. The number of hydrazone groups is 1. The van der Waals surface area contributed by atoms with Crippen LogP contribution >= 0.6 is 23.6 Å². The van der Waals surface area contributed by atoms with E-state index in [0.717, 1.165) is 10.8 Å². The van der Waals surface area contributed by atoms with Gasteiger partial charge in [0.1, 0.15) is 0 Å². The second-order valence-corrected chi connectivity index (χ2v) is 6.13. The molecule has 3 atom stereocenters. The van der Waals surface area contributed by atoms with E-state index in [2.05, 4.69) is 28.0 Å². The quantitative estimate of drug-likeness (QED) is 0.386. The van der Waals surface area contributed by atoms with E-state index in [-0.39, 0.29) is 0 Å². The van der Waals surface area contributed by atoms with Crippen LogP contribution in [0.4, 0.5) is 0 Å². The Bertz CT molecular complexity index is 478. The second-order valence-electron chi connectivity index (χ2n) is 4.75. The number of thiophene rings is 1. The third kappa shape index (κ3) is 2.62. The Morgan fingerprint density at radius 3 is 3.06 bits per heavy atom. The van der Waals surface area contributed by atoms with Gasteiger partial charge < -0.3 is 5.32 Å². The van der Waals surface area contributed by atoms with Gasteiger partial charge in [0.05, 0.1) is 6.21 Å². The molecule has 0 amide bonds. The molecular weight excluding hydrogens is 262 g/mol. The number of hydrogen-bond donors (Lipinski definition) is 2. The van der Waals surface area contributed by atoms with Crippen molar-refractivity contribution in [3.63, 3.8) is 0 Å². The second kappa shape index (κ2) is 5.20. The summed E-state index contributed by atoms with van der Waals surface area (Å²) in [5.74, 6) is 1.40. The Hall–Kier alpha value is -1.20. The van der Waals surface area contributed by atoms with Crippen molar-refractivity contribution in [2.45, 2.75) is 18.9 Å². The highest BCUT2D eigenvalue weighted by Crippen LogP contribution is 2.38. The smallest absolute Gasteiger partial charge is 0.187 e. The van der Waals surface area contributed by atoms with Crippen LogP contribution in [0.1, 0.15) is 17.7 Å². The van der Waals surface area contributed by atoms with Gasteiger partial charge in [-0.25, -0.2) is 0 Å². The normalized spacial score (nSPS) is 29.0. The van der Waals surface area contributed by atoms with Crippen molar-refractivity contribution in [1.82, 2.24) is 10.7 Å². The summed E-state index contributed by atoms with van der Waals surface area (Å²) in [4.78, 5) is 1.12. The fraction of sp³-hybridized carbons (Fsp3) is 0.385. The fourth-order valence-electron chi connectivity index (χ4n) is 2.67. The molecule has 18 heavy (non-hydrogen) atoms. The van der Waals surface area contributed by atoms with Crippen LogP contribution in [0.5, 0.6) is 0 Å². The molecule has 3 rings (SSSR count). The highest BCUT2D eigenvalue weighted by atomic mass is 32.1. The van der Waals surface area contributed by atoms with Crippen LogP contribution in [0.25, 0.3) is 0 Å². The first-order valence-electron chi connectivity index (χ1n) is 6.12. The van der Waals surface area contributed by atoms with Crippen molar-refractivity contribution >= 4 is 34.9 Å². The van der Waals surface area contributed by atoms with E-state index in [1.165, 1.54) is 12.8 Å². The topological polar surface area (TPSA) is 36.4 Å². The lowest BCUT2D eigenvalue weighted by molar-refractivity contribution is 0.521. The molecule has 0 saturated heterocycles. The lowest BCUT2D eigenvalue weighted by atomic mass is 10.0. The molecule has 0 radical (unpaired) electrons. The van der Waals surface area contributed by atoms with E-state index >= 15 is 0 Å². The summed E-state index contributed by atoms with van der Waals surface area (Å²) in [5.41, 5.74) is 2.88. The van der Waals surface area contributed by atoms with Gasteiger partial charge in [-0.2, -0.15) is 5.10 Å². The van der Waals surface area contributed by atoms with Crippen molar-refractivity contribution in [2.75, 3.05) is 0 Å². The average Bonchev–Trinajstić information content (AvgIpc) is 3.04. The predicted molar refractivity (Wildman–Crippen MR) is 79.9 cm³/mol. The summed E-state index contributed by atoms with van der Waals surface area (Å²) in [6.07, 6.45) is 8.90. The summed E-state index contributed by atoms with van der Waals surface area (Å²) in [6, 6.07) is 4.51. The van der Waals surface area contributed by atoms with Crippen LogP contribution in [0.2, 0.25) is 0 Å². The molecule has 3 nitrogen and oxygen atoms in total. The average molecular weight is 277 g/mol. The van der Waals surface area contributed by atoms with Crippen molar-refractivity contribution in [3.8, 4) is 0 Å². The number of thiocarbonyl (C=S) groups is 1. The maximum Gasteiger partial charge on any atom is 0.187 e. The standard InChI is InChI=1S/C13H15N3S2/c17-13(16-14-8-11-2-1-5-18-11)15-12-7-9-3-4-10(12)6-9/h1-5,8-10,12H,6-7H2,(H2,15,16,17)/b14-8-/t9-,10-,12+/m1/s1. The monoisotopic (exact) mass is 277 g/mol. The van der Waals surface area contributed by atoms with Crippen LogP contribution in [0.3, 0.4) is 0 Å². The number of rotatable bonds is 3. The molecule has 2 aliphatic rings. The van der Waals surface area contributed by atoms with Gasteiger partial charge in [-0.15, -0.1) is 11.3 Å². The number of nitrogens with one attached hydrogen (secondary N) is 2. The summed E-state index contributed by atoms with van der Waals surface area (Å²) in [7, 11) is 0. The van der Waals surface area contributed by atoms with Crippen LogP contribution in [-0.4, -0.2) is 17.4 Å². The zero-order valence-corrected chi connectivity index (χ0v) is 11.5. The van der Waals surface area contributed by atoms with Crippen molar-refractivity contribution in [2.24, 2.45) is 16.9 Å². The SMILES string of the molecule is S=C(N/N=C\c1cccs1)N[C@H]1C[C@@H]2C=C[C@@H]1C2. The third-order valence-electron chi connectivity index (χ3n) is 3.50. The van der Waals surface area contributed by atoms with Crippen LogP contribution in [-0.2, 0) is 0 Å². The first kappa shape index (κ1) is 11.9. The maximum atomic E-state index is 5.24. The Balaban J connectivity index is 1.46. The van der Waals surface area contributed by atoms with Gasteiger partial charge in [0.25, 0.3) is 0 Å². The summed E-state index contributed by atoms with van der Waals surface area (Å²) >= 11 is 6.90. The molecule has 94 valence electrons. The van der Waals surface area contributed by atoms with Crippen molar-refractivity contribution in [3.05, 3.63) is 34.5 Å². The fourth-order valence-corrected chi connectivity index (χ4v) is 3.46. The zero-order chi connectivity index (χ0) is 12.4. The molecule has 1 heterocycles. The molecule has 0 aliphatic heterocycles. The third-order valence-corrected chi connectivity index (χ3v) is 4.51. The minimum absolute atomic E-state index is 0.483. The summed E-state index contributed by atoms with van der Waals surface area (Å²) in [5, 5.41) is 10.1. The lowest BCUT2D eigenvalue weighted by Gasteiger charge is -2.20.